The van der Waals surface area contributed by atoms with Gasteiger partial charge in [-0.15, -0.1) is 11.8 Å². The van der Waals surface area contributed by atoms with E-state index in [1.165, 1.54) is 13.8 Å². The van der Waals surface area contributed by atoms with Crippen LogP contribution in [0.5, 0.6) is 0 Å². The molecule has 11 nitrogen and oxygen atoms in total. The van der Waals surface area contributed by atoms with E-state index in [9.17, 15) is 19.2 Å². The van der Waals surface area contributed by atoms with Gasteiger partial charge in [0.25, 0.3) is 0 Å². The van der Waals surface area contributed by atoms with Crippen LogP contribution < -0.4 is 16.8 Å². The second kappa shape index (κ2) is 10.3. The monoisotopic (exact) mass is 417 g/mol. The Hall–Kier alpha value is -2.34. The molecule has 0 aliphatic carbocycles. The molecule has 0 saturated carbocycles. The fourth-order valence-electron chi connectivity index (χ4n) is 2.70. The average Bonchev–Trinajstić information content (AvgIpc) is 2.97. The molecule has 0 radical (unpaired) electrons. The number of carbonyl (C=O) groups is 4. The van der Waals surface area contributed by atoms with Crippen molar-refractivity contribution < 1.29 is 28.7 Å². The van der Waals surface area contributed by atoms with Crippen LogP contribution in [0, 0.1) is 5.41 Å². The van der Waals surface area contributed by atoms with Gasteiger partial charge < -0.3 is 31.2 Å². The Kier molecular flexibility index (Phi) is 8.69. The molecule has 3 atom stereocenters. The first kappa shape index (κ1) is 23.7. The normalized spacial score (nSPS) is 22.3. The Morgan fingerprint density at radius 3 is 2.57 bits per heavy atom. The van der Waals surface area contributed by atoms with Crippen molar-refractivity contribution in [2.45, 2.75) is 50.6 Å². The molecule has 0 spiro atoms. The minimum absolute atomic E-state index is 0.0821. The van der Waals surface area contributed by atoms with E-state index < -0.39 is 40.8 Å². The van der Waals surface area contributed by atoms with Gasteiger partial charge in [-0.05, 0) is 26.7 Å². The Morgan fingerprint density at radius 1 is 1.39 bits per heavy atom. The third kappa shape index (κ3) is 5.83. The van der Waals surface area contributed by atoms with Crippen molar-refractivity contribution >= 4 is 41.5 Å². The number of thioether (sulfide) groups is 1. The summed E-state index contributed by atoms with van der Waals surface area (Å²) in [5.41, 5.74) is 10.9. The van der Waals surface area contributed by atoms with Gasteiger partial charge in [-0.3, -0.25) is 10.2 Å². The van der Waals surface area contributed by atoms with Crippen LogP contribution in [0.15, 0.2) is 0 Å². The van der Waals surface area contributed by atoms with Gasteiger partial charge >= 0.3 is 17.9 Å². The van der Waals surface area contributed by atoms with Gasteiger partial charge in [0.05, 0.1) is 6.61 Å². The summed E-state index contributed by atoms with van der Waals surface area (Å²) >= 11 is 1.07. The van der Waals surface area contributed by atoms with Crippen LogP contribution in [0.2, 0.25) is 0 Å². The molecule has 1 rings (SSSR count). The number of rotatable bonds is 8. The maximum absolute atomic E-state index is 12.4. The Bertz CT molecular complexity index is 645. The van der Waals surface area contributed by atoms with Gasteiger partial charge in [-0.1, -0.05) is 0 Å². The summed E-state index contributed by atoms with van der Waals surface area (Å²) in [4.78, 5) is 48.6. The molecule has 12 heteroatoms. The number of esters is 3. The average molecular weight is 417 g/mol. The molecule has 0 aromatic rings. The van der Waals surface area contributed by atoms with Gasteiger partial charge in [-0.2, -0.15) is 0 Å². The molecule has 1 fully saturated rings. The third-order valence-corrected chi connectivity index (χ3v) is 5.48. The molecule has 6 N–H and O–H groups in total. The van der Waals surface area contributed by atoms with Crippen LogP contribution in [0.25, 0.3) is 0 Å². The number of hydrogen-bond acceptors (Lipinski definition) is 9. The minimum Gasteiger partial charge on any atom is -0.464 e. The summed E-state index contributed by atoms with van der Waals surface area (Å²) in [7, 11) is 0. The van der Waals surface area contributed by atoms with Crippen molar-refractivity contribution in [2.75, 3.05) is 18.9 Å². The minimum atomic E-state index is -1.38. The lowest BCUT2D eigenvalue weighted by molar-refractivity contribution is -0.168. The summed E-state index contributed by atoms with van der Waals surface area (Å²) in [6.07, 6.45) is 0.645. The number of ether oxygens (including phenoxy) is 2. The van der Waals surface area contributed by atoms with Crippen molar-refractivity contribution in [3.63, 3.8) is 0 Å². The molecule has 0 aromatic carbocycles. The number of nitrogens with zero attached hydrogens (tertiary/aromatic N) is 1. The van der Waals surface area contributed by atoms with E-state index in [0.29, 0.717) is 13.0 Å². The lowest BCUT2D eigenvalue weighted by atomic mass is 10.1. The fourth-order valence-corrected chi connectivity index (χ4v) is 4.04. The number of amides is 1. The quantitative estimate of drug-likeness (QED) is 0.124. The van der Waals surface area contributed by atoms with E-state index in [4.69, 9.17) is 26.4 Å². The van der Waals surface area contributed by atoms with Crippen LogP contribution in [0.1, 0.15) is 33.6 Å². The van der Waals surface area contributed by atoms with E-state index in [0.717, 1.165) is 16.7 Å². The highest BCUT2D eigenvalue weighted by molar-refractivity contribution is 8.01. The van der Waals surface area contributed by atoms with E-state index in [2.05, 4.69) is 5.32 Å². The first-order valence-electron chi connectivity index (χ1n) is 8.74. The zero-order valence-corrected chi connectivity index (χ0v) is 17.0. The Balaban J connectivity index is 2.72. The molecule has 1 aliphatic rings. The largest absolute Gasteiger partial charge is 0.464 e. The highest BCUT2D eigenvalue weighted by Gasteiger charge is 2.54. The summed E-state index contributed by atoms with van der Waals surface area (Å²) in [5.74, 6) is -3.15. The lowest BCUT2D eigenvalue weighted by Crippen LogP contribution is -2.55. The van der Waals surface area contributed by atoms with Crippen molar-refractivity contribution in [2.24, 2.45) is 11.5 Å². The summed E-state index contributed by atoms with van der Waals surface area (Å²) in [6, 6.07) is -2.15. The zero-order chi connectivity index (χ0) is 21.5. The van der Waals surface area contributed by atoms with Gasteiger partial charge in [0.1, 0.15) is 12.1 Å². The SMILES string of the molecule is CCOC(=O)C1(C)SCC(C(=O)OC(=O)[C@@H](N)CCCNC(=N)N)N1C(C)=O. The van der Waals surface area contributed by atoms with Gasteiger partial charge in [0.2, 0.25) is 5.91 Å². The zero-order valence-electron chi connectivity index (χ0n) is 16.1. The standard InChI is InChI=1S/C16H27N5O6S/c1-4-26-14(25)16(3)21(9(2)22)11(8-28-16)13(24)27-12(23)10(17)6-5-7-20-15(18)19/h10-11H,4-8,17H2,1-3H3,(H4,18,19,20)/t10-,11?,16?/m0/s1. The summed E-state index contributed by atoms with van der Waals surface area (Å²) in [5, 5.41) is 9.60. The second-order valence-electron chi connectivity index (χ2n) is 6.25. The molecule has 1 heterocycles. The smallest absolute Gasteiger partial charge is 0.342 e. The molecule has 1 amide bonds. The molecule has 28 heavy (non-hydrogen) atoms. The summed E-state index contributed by atoms with van der Waals surface area (Å²) in [6.45, 7) is 4.82. The maximum Gasteiger partial charge on any atom is 0.342 e. The molecular formula is C16H27N5O6S. The van der Waals surface area contributed by atoms with Crippen LogP contribution in [0.4, 0.5) is 0 Å². The van der Waals surface area contributed by atoms with Crippen LogP contribution in [-0.4, -0.2) is 70.5 Å². The number of nitrogens with two attached hydrogens (primary N) is 2. The van der Waals surface area contributed by atoms with E-state index in [1.54, 1.807) is 6.92 Å². The van der Waals surface area contributed by atoms with Gasteiger partial charge in [0, 0.05) is 19.2 Å². The van der Waals surface area contributed by atoms with Crippen LogP contribution >= 0.6 is 11.8 Å². The number of hydrogen-bond donors (Lipinski definition) is 4. The van der Waals surface area contributed by atoms with Crippen LogP contribution in [0.3, 0.4) is 0 Å². The van der Waals surface area contributed by atoms with Crippen molar-refractivity contribution in [3.8, 4) is 0 Å². The van der Waals surface area contributed by atoms with E-state index in [1.807, 2.05) is 0 Å². The first-order chi connectivity index (χ1) is 13.0. The van der Waals surface area contributed by atoms with Crippen LogP contribution in [-0.2, 0) is 28.7 Å². The highest BCUT2D eigenvalue weighted by atomic mass is 32.2. The van der Waals surface area contributed by atoms with E-state index >= 15 is 0 Å². The van der Waals surface area contributed by atoms with Gasteiger partial charge in [0.15, 0.2) is 10.8 Å². The van der Waals surface area contributed by atoms with Crippen molar-refractivity contribution in [1.82, 2.24) is 10.2 Å². The lowest BCUT2D eigenvalue weighted by Gasteiger charge is -2.33. The molecule has 2 unspecified atom stereocenters. The van der Waals surface area contributed by atoms with Gasteiger partial charge in [-0.25, -0.2) is 14.4 Å². The highest BCUT2D eigenvalue weighted by Crippen LogP contribution is 2.40. The Morgan fingerprint density at radius 2 is 2.04 bits per heavy atom. The number of guanidine groups is 1. The maximum atomic E-state index is 12.4. The third-order valence-electron chi connectivity index (χ3n) is 4.07. The molecule has 158 valence electrons. The van der Waals surface area contributed by atoms with Crippen molar-refractivity contribution in [1.29, 1.82) is 5.41 Å². The number of nitrogens with one attached hydrogen (secondary N) is 2. The molecular weight excluding hydrogens is 390 g/mol. The first-order valence-corrected chi connectivity index (χ1v) is 9.73. The predicted molar refractivity (Wildman–Crippen MR) is 102 cm³/mol. The summed E-state index contributed by atoms with van der Waals surface area (Å²) < 4.78 is 9.84. The molecule has 1 aliphatic heterocycles. The fraction of sp³-hybridized carbons (Fsp3) is 0.688. The topological polar surface area (TPSA) is 178 Å². The molecule has 0 aromatic heterocycles. The second-order valence-corrected chi connectivity index (χ2v) is 7.67. The van der Waals surface area contributed by atoms with Crippen molar-refractivity contribution in [3.05, 3.63) is 0 Å². The molecule has 0 bridgehead atoms. The Labute approximate surface area is 167 Å². The molecule has 1 saturated heterocycles. The van der Waals surface area contributed by atoms with E-state index in [-0.39, 0.29) is 24.7 Å². The number of carbonyl (C=O) groups excluding carboxylic acids is 4. The predicted octanol–water partition coefficient (Wildman–Crippen LogP) is -1.11.